The summed E-state index contributed by atoms with van der Waals surface area (Å²) in [5, 5.41) is 0. The fourth-order valence-electron chi connectivity index (χ4n) is 0.402. The van der Waals surface area contributed by atoms with Gasteiger partial charge in [-0.05, 0) is 39.8 Å². The first kappa shape index (κ1) is 11.3. The molecule has 0 atom stereocenters. The van der Waals surface area contributed by atoms with E-state index in [2.05, 4.69) is 0 Å². The molecule has 0 saturated carbocycles. The molecule has 0 bridgehead atoms. The molecule has 4 heteroatoms. The molecular formula is C8H15O3P. The van der Waals surface area contributed by atoms with Gasteiger partial charge in [-0.15, -0.1) is 0 Å². The van der Waals surface area contributed by atoms with Gasteiger partial charge in [0.25, 0.3) is 0 Å². The molecule has 0 spiro atoms. The molecule has 0 heterocycles. The molecule has 0 fully saturated rings. The Hall–Kier alpha value is -0.690. The molecule has 0 aliphatic carbocycles. The molecule has 0 aromatic carbocycles. The Bertz CT molecular complexity index is 196. The third kappa shape index (κ3) is 5.03. The number of allylic oxidation sites excluding steroid dienone is 4. The molecule has 0 aromatic rings. The Morgan fingerprint density at radius 1 is 1.08 bits per heavy atom. The highest BCUT2D eigenvalue weighted by atomic mass is 31.1. The predicted octanol–water partition coefficient (Wildman–Crippen LogP) is 3.26. The van der Waals surface area contributed by atoms with E-state index in [1.165, 1.54) is 0 Å². The van der Waals surface area contributed by atoms with Gasteiger partial charge in [0, 0.05) is 0 Å². The first-order chi connectivity index (χ1) is 5.60. The molecule has 0 aromatic heterocycles. The van der Waals surface area contributed by atoms with Gasteiger partial charge in [-0.2, -0.15) is 0 Å². The highest BCUT2D eigenvalue weighted by molar-refractivity contribution is 7.33. The van der Waals surface area contributed by atoms with Crippen molar-refractivity contribution in [2.45, 2.75) is 27.7 Å². The van der Waals surface area contributed by atoms with E-state index >= 15 is 0 Å². The van der Waals surface area contributed by atoms with E-state index in [-0.39, 0.29) is 0 Å². The molecule has 70 valence electrons. The summed E-state index contributed by atoms with van der Waals surface area (Å²) in [4.78, 5) is 0. The molecule has 0 unspecified atom stereocenters. The van der Waals surface area contributed by atoms with Crippen molar-refractivity contribution in [2.75, 3.05) is 0 Å². The standard InChI is InChI=1S/C8H15O3P/c1-5-7(3)10-12(9)11-8(4)6-2/h5-6,12H,1-4H3. The largest absolute Gasteiger partial charge is 0.423 e. The molecule has 0 amide bonds. The zero-order valence-electron chi connectivity index (χ0n) is 7.88. The lowest BCUT2D eigenvalue weighted by Crippen LogP contribution is -1.81. The summed E-state index contributed by atoms with van der Waals surface area (Å²) >= 11 is 0. The Morgan fingerprint density at radius 3 is 1.67 bits per heavy atom. The van der Waals surface area contributed by atoms with Crippen molar-refractivity contribution < 1.29 is 13.6 Å². The molecule has 0 radical (unpaired) electrons. The summed E-state index contributed by atoms with van der Waals surface area (Å²) < 4.78 is 20.9. The molecular weight excluding hydrogens is 175 g/mol. The summed E-state index contributed by atoms with van der Waals surface area (Å²) in [6.07, 6.45) is 3.47. The molecule has 0 saturated heterocycles. The lowest BCUT2D eigenvalue weighted by atomic mass is 10.5. The van der Waals surface area contributed by atoms with Crippen LogP contribution < -0.4 is 0 Å². The zero-order chi connectivity index (χ0) is 9.56. The second-order valence-corrected chi connectivity index (χ2v) is 3.16. The fourth-order valence-corrected chi connectivity index (χ4v) is 1.20. The normalized spacial score (nSPS) is 15.7. The van der Waals surface area contributed by atoms with Crippen LogP contribution in [-0.4, -0.2) is 0 Å². The van der Waals surface area contributed by atoms with Crippen LogP contribution in [0, 0.1) is 0 Å². The van der Waals surface area contributed by atoms with Crippen LogP contribution >= 0.6 is 8.25 Å². The third-order valence-electron chi connectivity index (χ3n) is 1.30. The van der Waals surface area contributed by atoms with E-state index in [0.29, 0.717) is 11.5 Å². The smallest absolute Gasteiger partial charge is 0.418 e. The minimum Gasteiger partial charge on any atom is -0.423 e. The van der Waals surface area contributed by atoms with Gasteiger partial charge < -0.3 is 9.05 Å². The lowest BCUT2D eigenvalue weighted by molar-refractivity contribution is 0.316. The van der Waals surface area contributed by atoms with Crippen molar-refractivity contribution in [3.8, 4) is 0 Å². The van der Waals surface area contributed by atoms with Crippen molar-refractivity contribution in [2.24, 2.45) is 0 Å². The Morgan fingerprint density at radius 2 is 1.42 bits per heavy atom. The predicted molar refractivity (Wildman–Crippen MR) is 50.0 cm³/mol. The third-order valence-corrected chi connectivity index (χ3v) is 2.28. The lowest BCUT2D eigenvalue weighted by Gasteiger charge is -2.07. The van der Waals surface area contributed by atoms with Crippen molar-refractivity contribution in [1.82, 2.24) is 0 Å². The summed E-state index contributed by atoms with van der Waals surface area (Å²) in [7, 11) is -2.40. The van der Waals surface area contributed by atoms with Gasteiger partial charge in [-0.1, -0.05) is 0 Å². The monoisotopic (exact) mass is 190 g/mol. The maximum atomic E-state index is 11.0. The molecule has 0 aliphatic rings. The fraction of sp³-hybridized carbons (Fsp3) is 0.500. The van der Waals surface area contributed by atoms with E-state index < -0.39 is 8.25 Å². The van der Waals surface area contributed by atoms with Gasteiger partial charge in [0.05, 0.1) is 11.5 Å². The van der Waals surface area contributed by atoms with Crippen LogP contribution in [0.25, 0.3) is 0 Å². The van der Waals surface area contributed by atoms with Crippen molar-refractivity contribution in [3.63, 3.8) is 0 Å². The van der Waals surface area contributed by atoms with Crippen LogP contribution in [0.2, 0.25) is 0 Å². The summed E-state index contributed by atoms with van der Waals surface area (Å²) in [5.41, 5.74) is 0. The Balaban J connectivity index is 3.91. The average molecular weight is 190 g/mol. The maximum Gasteiger partial charge on any atom is 0.418 e. The minimum absolute atomic E-state index is 0.614. The van der Waals surface area contributed by atoms with Gasteiger partial charge in [0.1, 0.15) is 0 Å². The average Bonchev–Trinajstić information content (AvgIpc) is 2.03. The van der Waals surface area contributed by atoms with Gasteiger partial charge in [-0.3, -0.25) is 0 Å². The summed E-state index contributed by atoms with van der Waals surface area (Å²) in [6, 6.07) is 0. The molecule has 3 nitrogen and oxygen atoms in total. The zero-order valence-corrected chi connectivity index (χ0v) is 8.88. The van der Waals surface area contributed by atoms with Gasteiger partial charge in [0.2, 0.25) is 0 Å². The van der Waals surface area contributed by atoms with E-state index in [1.807, 2.05) is 13.8 Å². The summed E-state index contributed by atoms with van der Waals surface area (Å²) in [6.45, 7) is 7.09. The first-order valence-corrected chi connectivity index (χ1v) is 4.98. The van der Waals surface area contributed by atoms with E-state index in [4.69, 9.17) is 9.05 Å². The van der Waals surface area contributed by atoms with Gasteiger partial charge in [0.15, 0.2) is 0 Å². The Kier molecular flexibility index (Phi) is 5.56. The SMILES string of the molecule is CC=C(C)O[PH](=O)OC(C)=CC. The van der Waals surface area contributed by atoms with E-state index in [1.54, 1.807) is 26.0 Å². The van der Waals surface area contributed by atoms with Gasteiger partial charge >= 0.3 is 8.25 Å². The number of hydrogen-bond donors (Lipinski definition) is 0. The highest BCUT2D eigenvalue weighted by Gasteiger charge is 2.00. The molecule has 0 N–H and O–H groups in total. The Labute approximate surface area is 74.0 Å². The van der Waals surface area contributed by atoms with Crippen LogP contribution in [0.15, 0.2) is 23.7 Å². The molecule has 0 rings (SSSR count). The van der Waals surface area contributed by atoms with E-state index in [0.717, 1.165) is 0 Å². The van der Waals surface area contributed by atoms with Crippen LogP contribution in [-0.2, 0) is 13.6 Å². The van der Waals surface area contributed by atoms with Crippen molar-refractivity contribution >= 4 is 8.25 Å². The maximum absolute atomic E-state index is 11.0. The van der Waals surface area contributed by atoms with Crippen LogP contribution in [0.5, 0.6) is 0 Å². The molecule has 12 heavy (non-hydrogen) atoms. The van der Waals surface area contributed by atoms with Crippen LogP contribution in [0.1, 0.15) is 27.7 Å². The first-order valence-electron chi connectivity index (χ1n) is 3.75. The number of rotatable bonds is 4. The molecule has 0 aliphatic heterocycles. The van der Waals surface area contributed by atoms with Crippen molar-refractivity contribution in [3.05, 3.63) is 23.7 Å². The second kappa shape index (κ2) is 5.90. The van der Waals surface area contributed by atoms with Crippen molar-refractivity contribution in [1.29, 1.82) is 0 Å². The summed E-state index contributed by atoms with van der Waals surface area (Å²) in [5.74, 6) is 1.23. The van der Waals surface area contributed by atoms with Crippen LogP contribution in [0.4, 0.5) is 0 Å². The van der Waals surface area contributed by atoms with E-state index in [9.17, 15) is 4.57 Å². The van der Waals surface area contributed by atoms with Crippen LogP contribution in [0.3, 0.4) is 0 Å². The van der Waals surface area contributed by atoms with Gasteiger partial charge in [-0.25, -0.2) is 4.57 Å². The number of hydrogen-bond acceptors (Lipinski definition) is 3. The topological polar surface area (TPSA) is 35.5 Å². The minimum atomic E-state index is -2.40. The quantitative estimate of drug-likeness (QED) is 0.504. The highest BCUT2D eigenvalue weighted by Crippen LogP contribution is 2.30. The second-order valence-electron chi connectivity index (χ2n) is 2.25.